The lowest BCUT2D eigenvalue weighted by atomic mass is 9.88. The summed E-state index contributed by atoms with van der Waals surface area (Å²) < 4.78 is 51.2. The van der Waals surface area contributed by atoms with Gasteiger partial charge in [-0.1, -0.05) is 0 Å². The molecular weight excluding hydrogens is 576 g/mol. The SMILES string of the molecule is COc1cc(CO)cc(I)c1O[C@H]1C=C(C(=O)NCCO)C[C@@H](N(CC(F)(F)F)C(C)=O)[C@@H]1O. The number of hydrogen-bond acceptors (Lipinski definition) is 7. The van der Waals surface area contributed by atoms with E-state index in [0.717, 1.165) is 6.92 Å². The third kappa shape index (κ3) is 7.20. The quantitative estimate of drug-likeness (QED) is 0.312. The minimum atomic E-state index is -4.74. The van der Waals surface area contributed by atoms with E-state index in [1.54, 1.807) is 6.07 Å². The molecule has 1 aliphatic carbocycles. The number of nitrogens with zero attached hydrogens (tertiary/aromatic N) is 1. The van der Waals surface area contributed by atoms with Crippen LogP contribution in [-0.2, 0) is 16.2 Å². The van der Waals surface area contributed by atoms with Gasteiger partial charge in [-0.3, -0.25) is 9.59 Å². The van der Waals surface area contributed by atoms with E-state index in [4.69, 9.17) is 14.6 Å². The summed E-state index contributed by atoms with van der Waals surface area (Å²) in [5.41, 5.74) is 0.506. The minimum absolute atomic E-state index is 0.0110. The summed E-state index contributed by atoms with van der Waals surface area (Å²) in [7, 11) is 1.35. The zero-order chi connectivity index (χ0) is 25.6. The molecule has 2 rings (SSSR count). The molecule has 1 aliphatic rings. The van der Waals surface area contributed by atoms with Crippen molar-refractivity contribution in [1.82, 2.24) is 10.2 Å². The number of nitrogens with one attached hydrogen (secondary N) is 1. The molecule has 34 heavy (non-hydrogen) atoms. The summed E-state index contributed by atoms with van der Waals surface area (Å²) in [5, 5.41) is 31.7. The molecule has 0 heterocycles. The molecule has 0 aliphatic heterocycles. The lowest BCUT2D eigenvalue weighted by Gasteiger charge is -2.40. The number of carbonyl (C=O) groups excluding carboxylic acids is 2. The highest BCUT2D eigenvalue weighted by Gasteiger charge is 2.43. The number of halogens is 4. The van der Waals surface area contributed by atoms with E-state index >= 15 is 0 Å². The molecule has 13 heteroatoms. The van der Waals surface area contributed by atoms with Gasteiger partial charge in [0, 0.05) is 25.5 Å². The average Bonchev–Trinajstić information content (AvgIpc) is 2.77. The molecular formula is C21H26F3IN2O7. The van der Waals surface area contributed by atoms with E-state index in [1.165, 1.54) is 19.3 Å². The highest BCUT2D eigenvalue weighted by atomic mass is 127. The van der Waals surface area contributed by atoms with Crippen molar-refractivity contribution in [2.75, 3.05) is 26.8 Å². The summed E-state index contributed by atoms with van der Waals surface area (Å²) in [6, 6.07) is 1.67. The van der Waals surface area contributed by atoms with Crippen molar-refractivity contribution in [2.45, 2.75) is 44.4 Å². The first-order valence-electron chi connectivity index (χ1n) is 10.2. The van der Waals surface area contributed by atoms with Gasteiger partial charge < -0.3 is 35.0 Å². The monoisotopic (exact) mass is 602 g/mol. The van der Waals surface area contributed by atoms with Gasteiger partial charge in [-0.05, 0) is 46.4 Å². The third-order valence-electron chi connectivity index (χ3n) is 5.09. The molecule has 1 aromatic rings. The third-order valence-corrected chi connectivity index (χ3v) is 5.90. The van der Waals surface area contributed by atoms with Crippen LogP contribution in [-0.4, -0.2) is 83.3 Å². The predicted octanol–water partition coefficient (Wildman–Crippen LogP) is 1.12. The van der Waals surface area contributed by atoms with E-state index < -0.39 is 42.8 Å². The van der Waals surface area contributed by atoms with Crippen LogP contribution in [0.1, 0.15) is 18.9 Å². The molecule has 1 aromatic carbocycles. The Kier molecular flexibility index (Phi) is 9.96. The van der Waals surface area contributed by atoms with Gasteiger partial charge in [-0.2, -0.15) is 13.2 Å². The summed E-state index contributed by atoms with van der Waals surface area (Å²) in [5.74, 6) is -1.27. The van der Waals surface area contributed by atoms with Crippen LogP contribution in [0.25, 0.3) is 0 Å². The van der Waals surface area contributed by atoms with Crippen molar-refractivity contribution in [3.63, 3.8) is 0 Å². The first-order chi connectivity index (χ1) is 15.9. The number of aliphatic hydroxyl groups excluding tert-OH is 3. The lowest BCUT2D eigenvalue weighted by Crippen LogP contribution is -2.56. The Morgan fingerprint density at radius 1 is 1.29 bits per heavy atom. The number of benzene rings is 1. The summed E-state index contributed by atoms with van der Waals surface area (Å²) in [6.45, 7) is -1.40. The number of amides is 2. The normalized spacial score (nSPS) is 20.4. The molecule has 9 nitrogen and oxygen atoms in total. The molecule has 0 aromatic heterocycles. The maximum absolute atomic E-state index is 13.2. The molecule has 0 unspecified atom stereocenters. The molecule has 0 radical (unpaired) electrons. The maximum Gasteiger partial charge on any atom is 0.406 e. The first kappa shape index (κ1) is 28.1. The van der Waals surface area contributed by atoms with Crippen LogP contribution in [0.4, 0.5) is 13.2 Å². The van der Waals surface area contributed by atoms with E-state index in [2.05, 4.69) is 5.32 Å². The van der Waals surface area contributed by atoms with Gasteiger partial charge in [0.15, 0.2) is 11.5 Å². The van der Waals surface area contributed by atoms with Crippen LogP contribution in [0.15, 0.2) is 23.8 Å². The Balaban J connectivity index is 2.49. The second-order valence-electron chi connectivity index (χ2n) is 7.55. The van der Waals surface area contributed by atoms with Crippen LogP contribution in [0.3, 0.4) is 0 Å². The fraction of sp³-hybridized carbons (Fsp3) is 0.524. The van der Waals surface area contributed by atoms with E-state index in [9.17, 15) is 33.0 Å². The Labute approximate surface area is 207 Å². The number of methoxy groups -OCH3 is 1. The largest absolute Gasteiger partial charge is 0.493 e. The minimum Gasteiger partial charge on any atom is -0.493 e. The Morgan fingerprint density at radius 3 is 2.50 bits per heavy atom. The van der Waals surface area contributed by atoms with E-state index in [0.29, 0.717) is 14.0 Å². The maximum atomic E-state index is 13.2. The zero-order valence-electron chi connectivity index (χ0n) is 18.4. The Bertz CT molecular complexity index is 926. The Hall–Kier alpha value is -2.10. The van der Waals surface area contributed by atoms with Crippen molar-refractivity contribution in [3.05, 3.63) is 32.9 Å². The molecule has 4 N–H and O–H groups in total. The highest BCUT2D eigenvalue weighted by Crippen LogP contribution is 2.37. The summed E-state index contributed by atoms with van der Waals surface area (Å²) >= 11 is 1.91. The number of hydrogen-bond donors (Lipinski definition) is 4. The molecule has 0 bridgehead atoms. The smallest absolute Gasteiger partial charge is 0.406 e. The highest BCUT2D eigenvalue weighted by molar-refractivity contribution is 14.1. The van der Waals surface area contributed by atoms with Gasteiger partial charge >= 0.3 is 6.18 Å². The standard InChI is InChI=1S/C21H26F3IN2O7/c1-11(30)27(10-21(22,23)24)15-7-13(20(32)26-3-4-28)8-16(18(15)31)34-19-14(25)5-12(9-29)6-17(19)33-2/h5-6,8,15-16,18,28-29,31H,3-4,7,9-10H2,1-2H3,(H,26,32)/t15-,16+,18+/m1/s1. The van der Waals surface area contributed by atoms with Crippen LogP contribution in [0.5, 0.6) is 11.5 Å². The number of ether oxygens (including phenoxy) is 2. The second kappa shape index (κ2) is 12.0. The van der Waals surface area contributed by atoms with Gasteiger partial charge in [-0.25, -0.2) is 0 Å². The van der Waals surface area contributed by atoms with Gasteiger partial charge in [0.1, 0.15) is 18.8 Å². The second-order valence-corrected chi connectivity index (χ2v) is 8.71. The topological polar surface area (TPSA) is 129 Å². The number of carbonyl (C=O) groups is 2. The predicted molar refractivity (Wildman–Crippen MR) is 122 cm³/mol. The van der Waals surface area contributed by atoms with Crippen LogP contribution >= 0.6 is 22.6 Å². The molecule has 0 spiro atoms. The Morgan fingerprint density at radius 2 is 1.97 bits per heavy atom. The molecule has 0 saturated heterocycles. The van der Waals surface area contributed by atoms with Crippen LogP contribution in [0.2, 0.25) is 0 Å². The lowest BCUT2D eigenvalue weighted by molar-refractivity contribution is -0.171. The van der Waals surface area contributed by atoms with Crippen molar-refractivity contribution in [1.29, 1.82) is 0 Å². The van der Waals surface area contributed by atoms with Gasteiger partial charge in [0.05, 0.1) is 29.9 Å². The molecule has 2 amide bonds. The molecule has 0 fully saturated rings. The van der Waals surface area contributed by atoms with E-state index in [-0.39, 0.29) is 43.3 Å². The van der Waals surface area contributed by atoms with Crippen LogP contribution < -0.4 is 14.8 Å². The van der Waals surface area contributed by atoms with Crippen LogP contribution in [0, 0.1) is 3.57 Å². The average molecular weight is 602 g/mol. The first-order valence-corrected chi connectivity index (χ1v) is 11.2. The summed E-state index contributed by atoms with van der Waals surface area (Å²) in [4.78, 5) is 25.1. The zero-order valence-corrected chi connectivity index (χ0v) is 20.6. The molecule has 0 saturated carbocycles. The number of rotatable bonds is 9. The van der Waals surface area contributed by atoms with Gasteiger partial charge in [0.2, 0.25) is 11.8 Å². The molecule has 3 atom stereocenters. The molecule has 190 valence electrons. The number of aliphatic hydroxyl groups is 3. The fourth-order valence-electron chi connectivity index (χ4n) is 3.55. The number of alkyl halides is 3. The van der Waals surface area contributed by atoms with E-state index in [1.807, 2.05) is 22.6 Å². The van der Waals surface area contributed by atoms with Gasteiger partial charge in [-0.15, -0.1) is 0 Å². The summed E-state index contributed by atoms with van der Waals surface area (Å²) in [6.07, 6.45) is -6.74. The van der Waals surface area contributed by atoms with Crippen molar-refractivity contribution in [2.24, 2.45) is 0 Å². The van der Waals surface area contributed by atoms with Crippen molar-refractivity contribution in [3.8, 4) is 11.5 Å². The van der Waals surface area contributed by atoms with Crippen molar-refractivity contribution < 1.29 is 47.6 Å². The van der Waals surface area contributed by atoms with Crippen molar-refractivity contribution >= 4 is 34.4 Å². The fourth-order valence-corrected chi connectivity index (χ4v) is 4.34. The van der Waals surface area contributed by atoms with Gasteiger partial charge in [0.25, 0.3) is 0 Å².